The average Bonchev–Trinajstić information content (AvgIpc) is 3.25. The Labute approximate surface area is 203 Å². The number of aromatic nitrogens is 1. The molecule has 2 aliphatic rings. The van der Waals surface area contributed by atoms with Gasteiger partial charge in [-0.1, -0.05) is 37.1 Å². The second kappa shape index (κ2) is 10.6. The fourth-order valence-electron chi connectivity index (χ4n) is 4.68. The predicted molar refractivity (Wildman–Crippen MR) is 124 cm³/mol. The van der Waals surface area contributed by atoms with Crippen molar-refractivity contribution in [2.24, 2.45) is 11.2 Å². The van der Waals surface area contributed by atoms with Crippen molar-refractivity contribution in [3.05, 3.63) is 68.6 Å². The summed E-state index contributed by atoms with van der Waals surface area (Å²) in [6, 6.07) is 6.95. The first-order chi connectivity index (χ1) is 16.4. The smallest absolute Gasteiger partial charge is 0.306 e. The minimum absolute atomic E-state index is 0.246. The number of unbranched alkanes of at least 4 members (excludes halogenated alkanes) is 1. The van der Waals surface area contributed by atoms with Crippen LogP contribution in [0.25, 0.3) is 0 Å². The number of rotatable bonds is 8. The third-order valence-corrected chi connectivity index (χ3v) is 6.76. The zero-order chi connectivity index (χ0) is 24.2. The number of hydrazine groups is 1. The molecule has 0 spiro atoms. The van der Waals surface area contributed by atoms with Crippen LogP contribution in [0.4, 0.5) is 0 Å². The summed E-state index contributed by atoms with van der Waals surface area (Å²) >= 11 is 6.04. The molecule has 4 rings (SSSR count). The lowest BCUT2D eigenvalue weighted by molar-refractivity contribution is -0.722. The Kier molecular flexibility index (Phi) is 7.53. The quantitative estimate of drug-likeness (QED) is 0.238. The highest BCUT2D eigenvalue weighted by Gasteiger charge is 2.42. The standard InChI is InChI=1S/C24H29ClN4O5/c1-3-4-11-34-27-29(32)28-10-9-17(24(30)31)12-21(28)22-15(2)26-13-19-20(22)14-33-23(19)16-5-7-18(25)8-6-16/h5-8,13,17,21,23H,3-4,9-12,14H2,1-2H3,(H,30,31)/t17?,21?,23-/m0/s1. The van der Waals surface area contributed by atoms with Gasteiger partial charge in [-0.15, -0.1) is 5.01 Å². The van der Waals surface area contributed by atoms with Crippen molar-refractivity contribution in [3.8, 4) is 0 Å². The Morgan fingerprint density at radius 1 is 1.41 bits per heavy atom. The summed E-state index contributed by atoms with van der Waals surface area (Å²) in [6.45, 7) is 4.83. The number of aryl methyl sites for hydroxylation is 1. The molecule has 1 saturated heterocycles. The molecular formula is C24H29ClN4O5. The summed E-state index contributed by atoms with van der Waals surface area (Å²) in [7, 11) is 0. The molecule has 2 unspecified atom stereocenters. The van der Waals surface area contributed by atoms with Crippen LogP contribution in [0.15, 0.2) is 35.7 Å². The van der Waals surface area contributed by atoms with Crippen LogP contribution in [0.5, 0.6) is 0 Å². The van der Waals surface area contributed by atoms with Gasteiger partial charge in [0.25, 0.3) is 0 Å². The Balaban J connectivity index is 1.70. The molecule has 182 valence electrons. The van der Waals surface area contributed by atoms with Gasteiger partial charge in [0.1, 0.15) is 18.8 Å². The van der Waals surface area contributed by atoms with E-state index in [0.29, 0.717) is 29.6 Å². The fourth-order valence-corrected chi connectivity index (χ4v) is 4.81. The van der Waals surface area contributed by atoms with Crippen LogP contribution in [-0.2, 0) is 21.0 Å². The predicted octanol–water partition coefficient (Wildman–Crippen LogP) is 5.11. The summed E-state index contributed by atoms with van der Waals surface area (Å²) in [5.41, 5.74) is 4.36. The Morgan fingerprint density at radius 3 is 2.88 bits per heavy atom. The van der Waals surface area contributed by atoms with Crippen molar-refractivity contribution in [1.29, 1.82) is 0 Å². The maximum Gasteiger partial charge on any atom is 0.306 e. The van der Waals surface area contributed by atoms with Crippen molar-refractivity contribution in [2.45, 2.75) is 58.3 Å². The minimum Gasteiger partial charge on any atom is -0.569 e. The molecule has 2 aromatic rings. The normalized spacial score (nSPS) is 22.5. The molecule has 1 fully saturated rings. The summed E-state index contributed by atoms with van der Waals surface area (Å²) in [6.07, 6.45) is 3.83. The molecule has 1 aromatic heterocycles. The number of piperidine rings is 1. The molecule has 2 aliphatic heterocycles. The molecule has 0 amide bonds. The summed E-state index contributed by atoms with van der Waals surface area (Å²) < 4.78 is 6.14. The van der Waals surface area contributed by atoms with E-state index in [0.717, 1.165) is 40.8 Å². The highest BCUT2D eigenvalue weighted by molar-refractivity contribution is 6.30. The molecule has 1 N–H and O–H groups in total. The molecule has 34 heavy (non-hydrogen) atoms. The lowest BCUT2D eigenvalue weighted by Gasteiger charge is -2.35. The number of nitrogens with zero attached hydrogens (tertiary/aromatic N) is 4. The lowest BCUT2D eigenvalue weighted by atomic mass is 9.84. The molecular weight excluding hydrogens is 460 g/mol. The van der Waals surface area contributed by atoms with Gasteiger partial charge >= 0.3 is 5.97 Å². The Morgan fingerprint density at radius 2 is 2.18 bits per heavy atom. The summed E-state index contributed by atoms with van der Waals surface area (Å²) in [5.74, 6) is -1.44. The van der Waals surface area contributed by atoms with E-state index in [1.165, 1.54) is 5.01 Å². The highest BCUT2D eigenvalue weighted by atomic mass is 35.5. The molecule has 1 aromatic carbocycles. The van der Waals surface area contributed by atoms with Crippen molar-refractivity contribution < 1.29 is 24.4 Å². The van der Waals surface area contributed by atoms with Crippen molar-refractivity contribution in [1.82, 2.24) is 9.99 Å². The first kappa shape index (κ1) is 24.2. The first-order valence-electron chi connectivity index (χ1n) is 11.6. The van der Waals surface area contributed by atoms with Crippen LogP contribution in [0.3, 0.4) is 0 Å². The number of pyridine rings is 1. The van der Waals surface area contributed by atoms with Crippen LogP contribution in [0.1, 0.15) is 72.7 Å². The third kappa shape index (κ3) is 4.95. The van der Waals surface area contributed by atoms with E-state index in [1.807, 2.05) is 38.1 Å². The third-order valence-electron chi connectivity index (χ3n) is 6.50. The number of fused-ring (bicyclic) bond motifs is 1. The second-order valence-corrected chi connectivity index (χ2v) is 9.13. The zero-order valence-electron chi connectivity index (χ0n) is 19.3. The van der Waals surface area contributed by atoms with E-state index < -0.39 is 17.9 Å². The van der Waals surface area contributed by atoms with E-state index in [9.17, 15) is 15.1 Å². The zero-order valence-corrected chi connectivity index (χ0v) is 20.1. The van der Waals surface area contributed by atoms with Gasteiger partial charge in [-0.2, -0.15) is 0 Å². The molecule has 3 heterocycles. The number of carbonyl (C=O) groups is 1. The molecule has 9 nitrogen and oxygen atoms in total. The van der Waals surface area contributed by atoms with Gasteiger partial charge in [0.2, 0.25) is 5.28 Å². The number of hydrogen-bond donors (Lipinski definition) is 1. The maximum atomic E-state index is 12.9. The van der Waals surface area contributed by atoms with Crippen LogP contribution in [-0.4, -0.2) is 39.2 Å². The average molecular weight is 489 g/mol. The van der Waals surface area contributed by atoms with Crippen LogP contribution >= 0.6 is 11.6 Å². The first-order valence-corrected chi connectivity index (χ1v) is 11.9. The van der Waals surface area contributed by atoms with Gasteiger partial charge in [0, 0.05) is 28.0 Å². The molecule has 0 saturated carbocycles. The molecule has 0 radical (unpaired) electrons. The number of aliphatic carboxylic acids is 1. The topological polar surface area (TPSA) is 110 Å². The van der Waals surface area contributed by atoms with E-state index in [4.69, 9.17) is 21.2 Å². The largest absolute Gasteiger partial charge is 0.569 e. The van der Waals surface area contributed by atoms with Crippen molar-refractivity contribution in [2.75, 3.05) is 13.2 Å². The van der Waals surface area contributed by atoms with E-state index in [1.54, 1.807) is 6.20 Å². The summed E-state index contributed by atoms with van der Waals surface area (Å²) in [5, 5.41) is 28.5. The van der Waals surface area contributed by atoms with Gasteiger partial charge in [-0.3, -0.25) is 9.78 Å². The van der Waals surface area contributed by atoms with Crippen LogP contribution in [0, 0.1) is 18.0 Å². The van der Waals surface area contributed by atoms with E-state index in [-0.39, 0.29) is 19.1 Å². The second-order valence-electron chi connectivity index (χ2n) is 8.69. The SMILES string of the molecule is CCCCON=[N+]([O-])N1CCC(C(=O)O)CC1c1c(C)ncc2c1CO[C@H]2c1ccc(Cl)cc1. The van der Waals surface area contributed by atoms with Gasteiger partial charge in [0.15, 0.2) is 0 Å². The maximum absolute atomic E-state index is 12.9. The number of carboxylic acids is 1. The lowest BCUT2D eigenvalue weighted by Crippen LogP contribution is -2.43. The molecule has 10 heteroatoms. The van der Waals surface area contributed by atoms with Crippen LogP contribution < -0.4 is 0 Å². The van der Waals surface area contributed by atoms with Gasteiger partial charge in [-0.25, -0.2) is 0 Å². The van der Waals surface area contributed by atoms with Gasteiger partial charge in [-0.05, 0) is 49.4 Å². The summed E-state index contributed by atoms with van der Waals surface area (Å²) in [4.78, 5) is 22.1. The number of hydrogen-bond acceptors (Lipinski definition) is 6. The van der Waals surface area contributed by atoms with Crippen molar-refractivity contribution >= 4 is 17.6 Å². The number of benzene rings is 1. The number of halogens is 1. The van der Waals surface area contributed by atoms with Crippen LogP contribution in [0.2, 0.25) is 5.02 Å². The van der Waals surface area contributed by atoms with Crippen molar-refractivity contribution in [3.63, 3.8) is 0 Å². The minimum atomic E-state index is -0.869. The van der Waals surface area contributed by atoms with Gasteiger partial charge < -0.3 is 19.9 Å². The van der Waals surface area contributed by atoms with E-state index >= 15 is 0 Å². The number of ether oxygens (including phenoxy) is 1. The Bertz CT molecular complexity index is 1060. The Hall–Kier alpha value is -2.91. The monoisotopic (exact) mass is 488 g/mol. The number of carboxylic acid groups (broad SMARTS) is 1. The molecule has 0 bridgehead atoms. The molecule has 3 atom stereocenters. The molecule has 0 aliphatic carbocycles. The van der Waals surface area contributed by atoms with E-state index in [2.05, 4.69) is 10.3 Å². The highest BCUT2D eigenvalue weighted by Crippen LogP contribution is 2.44. The fraction of sp³-hybridized carbons (Fsp3) is 0.500. The van der Waals surface area contributed by atoms with Gasteiger partial charge in [0.05, 0.1) is 24.0 Å².